The number of halogens is 1. The number of hydrogen-bond acceptors (Lipinski definition) is 2. The highest BCUT2D eigenvalue weighted by Crippen LogP contribution is 2.26. The quantitative estimate of drug-likeness (QED) is 0.834. The van der Waals surface area contributed by atoms with Gasteiger partial charge in [-0.05, 0) is 30.0 Å². The molecule has 1 N–H and O–H groups in total. The second-order valence-electron chi connectivity index (χ2n) is 4.16. The SMILES string of the molecule is CCC(C)CC(O)c1ccc(OC)c(F)c1. The summed E-state index contributed by atoms with van der Waals surface area (Å²) in [5.41, 5.74) is 0.610. The van der Waals surface area contributed by atoms with Gasteiger partial charge in [0, 0.05) is 0 Å². The van der Waals surface area contributed by atoms with Crippen molar-refractivity contribution in [3.05, 3.63) is 29.6 Å². The third-order valence-electron chi connectivity index (χ3n) is 2.88. The zero-order chi connectivity index (χ0) is 12.1. The topological polar surface area (TPSA) is 29.5 Å². The van der Waals surface area contributed by atoms with Crippen LogP contribution in [0.3, 0.4) is 0 Å². The zero-order valence-corrected chi connectivity index (χ0v) is 10.0. The minimum atomic E-state index is -0.602. The normalized spacial score (nSPS) is 14.6. The molecule has 0 fully saturated rings. The van der Waals surface area contributed by atoms with Crippen LogP contribution in [0.25, 0.3) is 0 Å². The molecule has 2 nitrogen and oxygen atoms in total. The fourth-order valence-corrected chi connectivity index (χ4v) is 1.57. The molecule has 3 heteroatoms. The van der Waals surface area contributed by atoms with Crippen molar-refractivity contribution < 1.29 is 14.2 Å². The summed E-state index contributed by atoms with van der Waals surface area (Å²) in [5, 5.41) is 9.90. The maximum atomic E-state index is 13.4. The van der Waals surface area contributed by atoms with Crippen LogP contribution in [0, 0.1) is 11.7 Å². The van der Waals surface area contributed by atoms with Crippen LogP contribution >= 0.6 is 0 Å². The van der Waals surface area contributed by atoms with Gasteiger partial charge in [0.25, 0.3) is 0 Å². The number of aliphatic hydroxyl groups is 1. The lowest BCUT2D eigenvalue weighted by atomic mass is 9.96. The number of aliphatic hydroxyl groups excluding tert-OH is 1. The molecule has 0 aliphatic rings. The standard InChI is InChI=1S/C13H19FO2/c1-4-9(2)7-12(15)10-5-6-13(16-3)11(14)8-10/h5-6,8-9,12,15H,4,7H2,1-3H3. The van der Waals surface area contributed by atoms with Crippen LogP contribution in [0.2, 0.25) is 0 Å². The maximum Gasteiger partial charge on any atom is 0.165 e. The Morgan fingerprint density at radius 1 is 1.44 bits per heavy atom. The van der Waals surface area contributed by atoms with Crippen molar-refractivity contribution >= 4 is 0 Å². The second kappa shape index (κ2) is 5.85. The molecule has 0 heterocycles. The van der Waals surface area contributed by atoms with Gasteiger partial charge in [0.05, 0.1) is 13.2 Å². The first-order chi connectivity index (χ1) is 7.58. The number of hydrogen-bond donors (Lipinski definition) is 1. The monoisotopic (exact) mass is 226 g/mol. The molecule has 0 aliphatic heterocycles. The van der Waals surface area contributed by atoms with E-state index in [1.54, 1.807) is 12.1 Å². The van der Waals surface area contributed by atoms with Crippen molar-refractivity contribution in [3.63, 3.8) is 0 Å². The minimum absolute atomic E-state index is 0.208. The fraction of sp³-hybridized carbons (Fsp3) is 0.538. The molecule has 2 atom stereocenters. The summed E-state index contributed by atoms with van der Waals surface area (Å²) < 4.78 is 18.2. The van der Waals surface area contributed by atoms with Gasteiger partial charge in [-0.2, -0.15) is 0 Å². The predicted octanol–water partition coefficient (Wildman–Crippen LogP) is 3.30. The van der Waals surface area contributed by atoms with E-state index in [0.29, 0.717) is 17.9 Å². The molecule has 1 aromatic carbocycles. The molecule has 0 aliphatic carbocycles. The third-order valence-corrected chi connectivity index (χ3v) is 2.88. The van der Waals surface area contributed by atoms with Crippen molar-refractivity contribution in [2.24, 2.45) is 5.92 Å². The van der Waals surface area contributed by atoms with E-state index in [9.17, 15) is 9.50 Å². The van der Waals surface area contributed by atoms with Crippen LogP contribution in [0.5, 0.6) is 5.75 Å². The van der Waals surface area contributed by atoms with E-state index < -0.39 is 11.9 Å². The Hall–Kier alpha value is -1.09. The molecule has 0 saturated heterocycles. The summed E-state index contributed by atoms with van der Waals surface area (Å²) in [7, 11) is 1.42. The van der Waals surface area contributed by atoms with E-state index in [1.807, 2.05) is 0 Å². The number of rotatable bonds is 5. The smallest absolute Gasteiger partial charge is 0.165 e. The Kier molecular flexibility index (Phi) is 4.74. The third kappa shape index (κ3) is 3.20. The molecular formula is C13H19FO2. The Labute approximate surface area is 96.1 Å². The Morgan fingerprint density at radius 3 is 2.62 bits per heavy atom. The lowest BCUT2D eigenvalue weighted by molar-refractivity contribution is 0.146. The number of methoxy groups -OCH3 is 1. The van der Waals surface area contributed by atoms with E-state index in [2.05, 4.69) is 13.8 Å². The van der Waals surface area contributed by atoms with Crippen molar-refractivity contribution in [2.45, 2.75) is 32.8 Å². The molecule has 0 saturated carbocycles. The summed E-state index contributed by atoms with van der Waals surface area (Å²) in [5.74, 6) is 0.211. The molecule has 1 aromatic rings. The van der Waals surface area contributed by atoms with Gasteiger partial charge in [-0.25, -0.2) is 4.39 Å². The fourth-order valence-electron chi connectivity index (χ4n) is 1.57. The molecule has 16 heavy (non-hydrogen) atoms. The van der Waals surface area contributed by atoms with Gasteiger partial charge in [-0.15, -0.1) is 0 Å². The molecule has 0 spiro atoms. The highest BCUT2D eigenvalue weighted by Gasteiger charge is 2.13. The van der Waals surface area contributed by atoms with Gasteiger partial charge in [0.15, 0.2) is 11.6 Å². The molecule has 0 bridgehead atoms. The van der Waals surface area contributed by atoms with Crippen LogP contribution in [0.15, 0.2) is 18.2 Å². The van der Waals surface area contributed by atoms with Gasteiger partial charge < -0.3 is 9.84 Å². The zero-order valence-electron chi connectivity index (χ0n) is 10.0. The second-order valence-corrected chi connectivity index (χ2v) is 4.16. The molecule has 0 aromatic heterocycles. The average molecular weight is 226 g/mol. The Balaban J connectivity index is 2.76. The molecule has 0 radical (unpaired) electrons. The van der Waals surface area contributed by atoms with Gasteiger partial charge in [0.1, 0.15) is 0 Å². The molecule has 2 unspecified atom stereocenters. The first-order valence-electron chi connectivity index (χ1n) is 5.60. The first-order valence-corrected chi connectivity index (χ1v) is 5.60. The van der Waals surface area contributed by atoms with E-state index in [-0.39, 0.29) is 5.75 Å². The van der Waals surface area contributed by atoms with Crippen LogP contribution in [-0.4, -0.2) is 12.2 Å². The largest absolute Gasteiger partial charge is 0.494 e. The van der Waals surface area contributed by atoms with E-state index >= 15 is 0 Å². The summed E-state index contributed by atoms with van der Waals surface area (Å²) in [6.45, 7) is 4.15. The van der Waals surface area contributed by atoms with Crippen molar-refractivity contribution in [2.75, 3.05) is 7.11 Å². The Bertz CT molecular complexity index is 339. The highest BCUT2D eigenvalue weighted by atomic mass is 19.1. The van der Waals surface area contributed by atoms with E-state index in [4.69, 9.17) is 4.74 Å². The molecule has 1 rings (SSSR count). The van der Waals surface area contributed by atoms with Gasteiger partial charge >= 0.3 is 0 Å². The Morgan fingerprint density at radius 2 is 2.12 bits per heavy atom. The van der Waals surface area contributed by atoms with Crippen LogP contribution in [0.1, 0.15) is 38.4 Å². The van der Waals surface area contributed by atoms with E-state index in [0.717, 1.165) is 6.42 Å². The maximum absolute atomic E-state index is 13.4. The van der Waals surface area contributed by atoms with Crippen LogP contribution in [-0.2, 0) is 0 Å². The van der Waals surface area contributed by atoms with Gasteiger partial charge in [-0.3, -0.25) is 0 Å². The number of ether oxygens (including phenoxy) is 1. The summed E-state index contributed by atoms with van der Waals surface area (Å²) >= 11 is 0. The van der Waals surface area contributed by atoms with Crippen molar-refractivity contribution in [1.29, 1.82) is 0 Å². The average Bonchev–Trinajstić information content (AvgIpc) is 2.28. The number of benzene rings is 1. The predicted molar refractivity (Wildman–Crippen MR) is 62.0 cm³/mol. The molecule has 90 valence electrons. The molecule has 0 amide bonds. The lowest BCUT2D eigenvalue weighted by Crippen LogP contribution is -2.04. The van der Waals surface area contributed by atoms with E-state index in [1.165, 1.54) is 13.2 Å². The summed E-state index contributed by atoms with van der Waals surface area (Å²) in [4.78, 5) is 0. The lowest BCUT2D eigenvalue weighted by Gasteiger charge is -2.15. The first kappa shape index (κ1) is 13.0. The van der Waals surface area contributed by atoms with Crippen molar-refractivity contribution in [3.8, 4) is 5.75 Å². The minimum Gasteiger partial charge on any atom is -0.494 e. The van der Waals surface area contributed by atoms with Gasteiger partial charge in [-0.1, -0.05) is 26.3 Å². The summed E-state index contributed by atoms with van der Waals surface area (Å²) in [6, 6.07) is 4.59. The summed E-state index contributed by atoms with van der Waals surface area (Å²) in [6.07, 6.45) is 1.06. The van der Waals surface area contributed by atoms with Crippen LogP contribution in [0.4, 0.5) is 4.39 Å². The van der Waals surface area contributed by atoms with Gasteiger partial charge in [0.2, 0.25) is 0 Å². The highest BCUT2D eigenvalue weighted by molar-refractivity contribution is 5.30. The molecular weight excluding hydrogens is 207 g/mol. The van der Waals surface area contributed by atoms with Crippen molar-refractivity contribution in [1.82, 2.24) is 0 Å². The van der Waals surface area contributed by atoms with Crippen LogP contribution < -0.4 is 4.74 Å².